The van der Waals surface area contributed by atoms with Gasteiger partial charge in [0.15, 0.2) is 0 Å². The smallest absolute Gasteiger partial charge is 0.205 e. The van der Waals surface area contributed by atoms with Crippen LogP contribution in [0.25, 0.3) is 0 Å². The topological polar surface area (TPSA) is 29.0 Å². The van der Waals surface area contributed by atoms with E-state index in [1.165, 1.54) is 37.2 Å². The molecule has 0 radical (unpaired) electrons. The van der Waals surface area contributed by atoms with Crippen molar-refractivity contribution in [2.75, 3.05) is 17.3 Å². The van der Waals surface area contributed by atoms with E-state index >= 15 is 0 Å². The Morgan fingerprint density at radius 1 is 1.50 bits per heavy atom. The van der Waals surface area contributed by atoms with Crippen LogP contribution in [0.3, 0.4) is 0 Å². The minimum absolute atomic E-state index is 0.640. The minimum Gasteiger partial charge on any atom is -0.343 e. The van der Waals surface area contributed by atoms with E-state index in [0.29, 0.717) is 11.9 Å². The quantitative estimate of drug-likeness (QED) is 0.746. The fraction of sp³-hybridized carbons (Fsp3) is 0.778. The molecule has 14 heavy (non-hydrogen) atoms. The molecule has 0 aromatic carbocycles. The Kier molecular flexibility index (Phi) is 3.59. The molecule has 2 rings (SSSR count). The lowest BCUT2D eigenvalue weighted by molar-refractivity contribution is 0.620. The van der Waals surface area contributed by atoms with E-state index in [9.17, 15) is 0 Å². The maximum Gasteiger partial charge on any atom is 0.205 e. The molecule has 78 valence electrons. The molecule has 1 heterocycles. The van der Waals surface area contributed by atoms with Gasteiger partial charge >= 0.3 is 0 Å². The average Bonchev–Trinajstić information content (AvgIpc) is 2.87. The van der Waals surface area contributed by atoms with Gasteiger partial charge in [-0.15, -0.1) is 11.6 Å². The molecule has 0 N–H and O–H groups in total. The molecular formula is C9H14ClN3S. The maximum atomic E-state index is 5.81. The number of alkyl halides is 1. The van der Waals surface area contributed by atoms with Crippen LogP contribution in [0.4, 0.5) is 5.13 Å². The highest BCUT2D eigenvalue weighted by molar-refractivity contribution is 7.09. The average molecular weight is 232 g/mol. The highest BCUT2D eigenvalue weighted by Crippen LogP contribution is 2.28. The van der Waals surface area contributed by atoms with Crippen LogP contribution in [0.2, 0.25) is 0 Å². The Bertz CT molecular complexity index is 259. The van der Waals surface area contributed by atoms with Gasteiger partial charge in [-0.2, -0.15) is 4.37 Å². The van der Waals surface area contributed by atoms with Crippen LogP contribution in [0.5, 0.6) is 0 Å². The van der Waals surface area contributed by atoms with Crippen LogP contribution < -0.4 is 4.90 Å². The van der Waals surface area contributed by atoms with Crippen molar-refractivity contribution in [3.63, 3.8) is 0 Å². The summed E-state index contributed by atoms with van der Waals surface area (Å²) in [7, 11) is 0. The molecule has 1 aromatic rings. The summed E-state index contributed by atoms with van der Waals surface area (Å²) in [6, 6.07) is 0.640. The third-order valence-electron chi connectivity index (χ3n) is 2.69. The van der Waals surface area contributed by atoms with Crippen molar-refractivity contribution in [1.29, 1.82) is 0 Å². The van der Waals surface area contributed by atoms with E-state index in [4.69, 9.17) is 11.6 Å². The summed E-state index contributed by atoms with van der Waals surface area (Å²) in [4.78, 5) is 6.57. The van der Waals surface area contributed by atoms with Gasteiger partial charge in [0, 0.05) is 30.0 Å². The number of hydrogen-bond acceptors (Lipinski definition) is 4. The van der Waals surface area contributed by atoms with E-state index in [2.05, 4.69) is 14.3 Å². The second-order valence-corrected chi connectivity index (χ2v) is 4.68. The van der Waals surface area contributed by atoms with Gasteiger partial charge in [-0.1, -0.05) is 12.8 Å². The lowest BCUT2D eigenvalue weighted by Gasteiger charge is -2.27. The first-order chi connectivity index (χ1) is 6.92. The molecule has 0 amide bonds. The first-order valence-corrected chi connectivity index (χ1v) is 6.32. The first kappa shape index (κ1) is 10.2. The van der Waals surface area contributed by atoms with Gasteiger partial charge in [0.05, 0.1) is 0 Å². The Hall–Kier alpha value is -0.350. The molecule has 0 saturated heterocycles. The second-order valence-electron chi connectivity index (χ2n) is 3.54. The van der Waals surface area contributed by atoms with Gasteiger partial charge in [0.1, 0.15) is 6.33 Å². The van der Waals surface area contributed by atoms with Gasteiger partial charge in [-0.25, -0.2) is 4.98 Å². The van der Waals surface area contributed by atoms with Crippen molar-refractivity contribution in [1.82, 2.24) is 9.36 Å². The molecule has 0 aliphatic heterocycles. The largest absolute Gasteiger partial charge is 0.343 e. The van der Waals surface area contributed by atoms with Crippen LogP contribution in [0.1, 0.15) is 25.7 Å². The fourth-order valence-electron chi connectivity index (χ4n) is 2.04. The van der Waals surface area contributed by atoms with Crippen LogP contribution in [0.15, 0.2) is 6.33 Å². The molecule has 0 unspecified atom stereocenters. The monoisotopic (exact) mass is 231 g/mol. The molecule has 0 atom stereocenters. The Morgan fingerprint density at radius 2 is 2.29 bits per heavy atom. The summed E-state index contributed by atoms with van der Waals surface area (Å²) in [5.74, 6) is 0.663. The molecule has 0 spiro atoms. The van der Waals surface area contributed by atoms with E-state index in [1.54, 1.807) is 6.33 Å². The molecule has 0 bridgehead atoms. The van der Waals surface area contributed by atoms with E-state index in [0.717, 1.165) is 11.7 Å². The third kappa shape index (κ3) is 2.17. The van der Waals surface area contributed by atoms with Crippen LogP contribution in [-0.2, 0) is 0 Å². The van der Waals surface area contributed by atoms with Gasteiger partial charge in [0.25, 0.3) is 0 Å². The van der Waals surface area contributed by atoms with E-state index < -0.39 is 0 Å². The van der Waals surface area contributed by atoms with Gasteiger partial charge in [-0.3, -0.25) is 0 Å². The highest BCUT2D eigenvalue weighted by Gasteiger charge is 2.23. The second kappa shape index (κ2) is 4.94. The fourth-order valence-corrected chi connectivity index (χ4v) is 2.85. The van der Waals surface area contributed by atoms with E-state index in [1.807, 2.05) is 0 Å². The SMILES string of the molecule is ClCCN(c1ncns1)C1CCCC1. The zero-order valence-corrected chi connectivity index (χ0v) is 9.60. The van der Waals surface area contributed by atoms with Crippen molar-refractivity contribution in [2.45, 2.75) is 31.7 Å². The standard InChI is InChI=1S/C9H14ClN3S/c10-5-6-13(8-3-1-2-4-8)9-11-7-12-14-9/h7-8H,1-6H2. The molecule has 1 saturated carbocycles. The predicted molar refractivity (Wildman–Crippen MR) is 60.2 cm³/mol. The van der Waals surface area contributed by atoms with Crippen molar-refractivity contribution in [3.05, 3.63) is 6.33 Å². The molecule has 3 nitrogen and oxygen atoms in total. The zero-order chi connectivity index (χ0) is 9.80. The van der Waals surface area contributed by atoms with Crippen LogP contribution >= 0.6 is 23.1 Å². The zero-order valence-electron chi connectivity index (χ0n) is 8.03. The Balaban J connectivity index is 2.06. The van der Waals surface area contributed by atoms with Gasteiger partial charge in [0.2, 0.25) is 5.13 Å². The number of nitrogens with zero attached hydrogens (tertiary/aromatic N) is 3. The lowest BCUT2D eigenvalue weighted by Crippen LogP contribution is -2.34. The number of halogens is 1. The molecule has 1 fully saturated rings. The summed E-state index contributed by atoms with van der Waals surface area (Å²) >= 11 is 7.27. The van der Waals surface area contributed by atoms with Crippen molar-refractivity contribution in [2.24, 2.45) is 0 Å². The Morgan fingerprint density at radius 3 is 2.86 bits per heavy atom. The van der Waals surface area contributed by atoms with Gasteiger partial charge in [-0.05, 0) is 12.8 Å². The summed E-state index contributed by atoms with van der Waals surface area (Å²) in [5, 5.41) is 1.03. The summed E-state index contributed by atoms with van der Waals surface area (Å²) in [6.07, 6.45) is 6.84. The summed E-state index contributed by atoms with van der Waals surface area (Å²) in [5.41, 5.74) is 0. The number of anilines is 1. The number of hydrogen-bond donors (Lipinski definition) is 0. The summed E-state index contributed by atoms with van der Waals surface area (Å²) < 4.78 is 4.04. The third-order valence-corrected chi connectivity index (χ3v) is 3.56. The molecule has 5 heteroatoms. The maximum absolute atomic E-state index is 5.81. The minimum atomic E-state index is 0.640. The molecule has 1 aromatic heterocycles. The predicted octanol–water partition coefficient (Wildman–Crippen LogP) is 2.53. The normalized spacial score (nSPS) is 17.5. The van der Waals surface area contributed by atoms with Crippen molar-refractivity contribution in [3.8, 4) is 0 Å². The van der Waals surface area contributed by atoms with Crippen molar-refractivity contribution >= 4 is 28.3 Å². The highest BCUT2D eigenvalue weighted by atomic mass is 35.5. The Labute approximate surface area is 93.3 Å². The van der Waals surface area contributed by atoms with Crippen molar-refractivity contribution < 1.29 is 0 Å². The first-order valence-electron chi connectivity index (χ1n) is 5.01. The number of rotatable bonds is 4. The molecular weight excluding hydrogens is 218 g/mol. The van der Waals surface area contributed by atoms with Crippen LogP contribution in [-0.4, -0.2) is 27.8 Å². The summed E-state index contributed by atoms with van der Waals surface area (Å²) in [6.45, 7) is 0.890. The molecule has 1 aliphatic rings. The van der Waals surface area contributed by atoms with Gasteiger partial charge < -0.3 is 4.90 Å². The van der Waals surface area contributed by atoms with E-state index in [-0.39, 0.29) is 0 Å². The lowest BCUT2D eigenvalue weighted by atomic mass is 10.2. The number of aromatic nitrogens is 2. The molecule has 1 aliphatic carbocycles. The van der Waals surface area contributed by atoms with Crippen LogP contribution in [0, 0.1) is 0 Å².